The van der Waals surface area contributed by atoms with Gasteiger partial charge in [-0.05, 0) is 30.8 Å². The van der Waals surface area contributed by atoms with E-state index in [-0.39, 0.29) is 5.97 Å². The lowest BCUT2D eigenvalue weighted by molar-refractivity contribution is 0.0509. The molecular weight excluding hydrogens is 204 g/mol. The average Bonchev–Trinajstić information content (AvgIpc) is 2.34. The molecule has 0 aliphatic rings. The molecule has 0 saturated carbocycles. The van der Waals surface area contributed by atoms with Crippen LogP contribution in [0, 0.1) is 0 Å². The molecule has 16 heavy (non-hydrogen) atoms. The van der Waals surface area contributed by atoms with Gasteiger partial charge in [-0.15, -0.1) is 0 Å². The van der Waals surface area contributed by atoms with E-state index < -0.39 is 0 Å². The molecule has 0 unspecified atom stereocenters. The number of benzene rings is 1. The lowest BCUT2D eigenvalue weighted by Gasteiger charge is -2.05. The molecule has 0 spiro atoms. The number of nitrogens with one attached hydrogen (secondary N) is 2. The van der Waals surface area contributed by atoms with E-state index in [0.717, 1.165) is 12.2 Å². The Labute approximate surface area is 96.0 Å². The van der Waals surface area contributed by atoms with Crippen LogP contribution < -0.4 is 10.6 Å². The van der Waals surface area contributed by atoms with E-state index in [1.807, 2.05) is 26.1 Å². The zero-order chi connectivity index (χ0) is 11.8. The molecule has 1 aromatic carbocycles. The predicted octanol–water partition coefficient (Wildman–Crippen LogP) is 1.49. The van der Waals surface area contributed by atoms with Gasteiger partial charge in [-0.2, -0.15) is 0 Å². The first-order valence-electron chi connectivity index (χ1n) is 5.43. The topological polar surface area (TPSA) is 50.4 Å². The van der Waals surface area contributed by atoms with Gasteiger partial charge in [0.1, 0.15) is 6.61 Å². The summed E-state index contributed by atoms with van der Waals surface area (Å²) in [5.74, 6) is -0.277. The van der Waals surface area contributed by atoms with Gasteiger partial charge in [0.2, 0.25) is 0 Å². The van der Waals surface area contributed by atoms with Gasteiger partial charge >= 0.3 is 5.97 Å². The van der Waals surface area contributed by atoms with E-state index in [2.05, 4.69) is 10.6 Å². The molecule has 2 N–H and O–H groups in total. The molecule has 0 amide bonds. The second kappa shape index (κ2) is 6.85. The monoisotopic (exact) mass is 222 g/mol. The van der Waals surface area contributed by atoms with Crippen molar-refractivity contribution >= 4 is 11.7 Å². The molecule has 0 bridgehead atoms. The Bertz CT molecular complexity index is 322. The summed E-state index contributed by atoms with van der Waals surface area (Å²) in [5, 5.41) is 6.08. The van der Waals surface area contributed by atoms with Crippen LogP contribution in [0.25, 0.3) is 0 Å². The molecule has 0 radical (unpaired) electrons. The standard InChI is InChI=1S/C12H18N2O2/c1-3-14-8-9-16-12(15)10-4-6-11(13-2)7-5-10/h4-7,13-14H,3,8-9H2,1-2H3. The van der Waals surface area contributed by atoms with Crippen molar-refractivity contribution in [1.82, 2.24) is 5.32 Å². The minimum Gasteiger partial charge on any atom is -0.461 e. The molecule has 0 atom stereocenters. The highest BCUT2D eigenvalue weighted by Crippen LogP contribution is 2.09. The van der Waals surface area contributed by atoms with Crippen LogP contribution in [0.5, 0.6) is 0 Å². The maximum Gasteiger partial charge on any atom is 0.338 e. The van der Waals surface area contributed by atoms with Crippen molar-refractivity contribution in [3.8, 4) is 0 Å². The quantitative estimate of drug-likeness (QED) is 0.565. The third kappa shape index (κ3) is 3.90. The smallest absolute Gasteiger partial charge is 0.338 e. The van der Waals surface area contributed by atoms with Crippen molar-refractivity contribution in [3.63, 3.8) is 0 Å². The van der Waals surface area contributed by atoms with Gasteiger partial charge < -0.3 is 15.4 Å². The molecule has 88 valence electrons. The van der Waals surface area contributed by atoms with Crippen molar-refractivity contribution in [2.75, 3.05) is 32.1 Å². The van der Waals surface area contributed by atoms with Crippen molar-refractivity contribution in [2.45, 2.75) is 6.92 Å². The average molecular weight is 222 g/mol. The third-order valence-corrected chi connectivity index (χ3v) is 2.17. The van der Waals surface area contributed by atoms with E-state index in [9.17, 15) is 4.79 Å². The molecule has 4 heteroatoms. The highest BCUT2D eigenvalue weighted by Gasteiger charge is 2.05. The Morgan fingerprint density at radius 2 is 2.00 bits per heavy atom. The molecule has 0 fully saturated rings. The number of hydrogen-bond acceptors (Lipinski definition) is 4. The fourth-order valence-electron chi connectivity index (χ4n) is 1.25. The Morgan fingerprint density at radius 3 is 2.56 bits per heavy atom. The van der Waals surface area contributed by atoms with Gasteiger partial charge in [0.25, 0.3) is 0 Å². The fraction of sp³-hybridized carbons (Fsp3) is 0.417. The molecule has 1 aromatic rings. The summed E-state index contributed by atoms with van der Waals surface area (Å²) in [6, 6.07) is 7.20. The van der Waals surface area contributed by atoms with Crippen LogP contribution >= 0.6 is 0 Å². The van der Waals surface area contributed by atoms with Gasteiger partial charge in [-0.25, -0.2) is 4.79 Å². The number of likely N-dealkylation sites (N-methyl/N-ethyl adjacent to an activating group) is 1. The number of rotatable bonds is 6. The van der Waals surface area contributed by atoms with Crippen LogP contribution in [0.3, 0.4) is 0 Å². The Hall–Kier alpha value is -1.55. The molecule has 0 heterocycles. The van der Waals surface area contributed by atoms with E-state index in [4.69, 9.17) is 4.74 Å². The summed E-state index contributed by atoms with van der Waals surface area (Å²) in [6.45, 7) is 3.99. The SMILES string of the molecule is CCNCCOC(=O)c1ccc(NC)cc1. The first-order valence-corrected chi connectivity index (χ1v) is 5.43. The number of carbonyl (C=O) groups is 1. The van der Waals surface area contributed by atoms with Crippen LogP contribution in [-0.4, -0.2) is 32.7 Å². The van der Waals surface area contributed by atoms with Crippen LogP contribution in [0.2, 0.25) is 0 Å². The second-order valence-corrected chi connectivity index (χ2v) is 3.32. The summed E-state index contributed by atoms with van der Waals surface area (Å²) in [5.41, 5.74) is 1.56. The summed E-state index contributed by atoms with van der Waals surface area (Å²) >= 11 is 0. The maximum atomic E-state index is 11.5. The minimum absolute atomic E-state index is 0.277. The van der Waals surface area contributed by atoms with Gasteiger partial charge in [-0.3, -0.25) is 0 Å². The first kappa shape index (κ1) is 12.5. The van der Waals surface area contributed by atoms with Crippen LogP contribution in [0.15, 0.2) is 24.3 Å². The summed E-state index contributed by atoms with van der Waals surface area (Å²) in [4.78, 5) is 11.5. The number of hydrogen-bond donors (Lipinski definition) is 2. The van der Waals surface area contributed by atoms with Crippen molar-refractivity contribution in [3.05, 3.63) is 29.8 Å². The van der Waals surface area contributed by atoms with Crippen LogP contribution in [-0.2, 0) is 4.74 Å². The Morgan fingerprint density at radius 1 is 1.31 bits per heavy atom. The zero-order valence-corrected chi connectivity index (χ0v) is 9.75. The zero-order valence-electron chi connectivity index (χ0n) is 9.75. The summed E-state index contributed by atoms with van der Waals surface area (Å²) < 4.78 is 5.08. The largest absolute Gasteiger partial charge is 0.461 e. The highest BCUT2D eigenvalue weighted by molar-refractivity contribution is 5.89. The van der Waals surface area contributed by atoms with E-state index >= 15 is 0 Å². The minimum atomic E-state index is -0.277. The Balaban J connectivity index is 2.40. The molecule has 0 aliphatic heterocycles. The van der Waals surface area contributed by atoms with E-state index in [1.54, 1.807) is 12.1 Å². The number of ether oxygens (including phenoxy) is 1. The Kier molecular flexibility index (Phi) is 5.36. The van der Waals surface area contributed by atoms with Crippen LogP contribution in [0.1, 0.15) is 17.3 Å². The highest BCUT2D eigenvalue weighted by atomic mass is 16.5. The van der Waals surface area contributed by atoms with Crippen molar-refractivity contribution < 1.29 is 9.53 Å². The van der Waals surface area contributed by atoms with Crippen LogP contribution in [0.4, 0.5) is 5.69 Å². The van der Waals surface area contributed by atoms with Gasteiger partial charge in [0.15, 0.2) is 0 Å². The summed E-state index contributed by atoms with van der Waals surface area (Å²) in [7, 11) is 1.84. The van der Waals surface area contributed by atoms with Gasteiger partial charge in [0, 0.05) is 19.3 Å². The third-order valence-electron chi connectivity index (χ3n) is 2.17. The number of anilines is 1. The number of carbonyl (C=O) groups excluding carboxylic acids is 1. The maximum absolute atomic E-state index is 11.5. The van der Waals surface area contributed by atoms with E-state index in [0.29, 0.717) is 18.7 Å². The predicted molar refractivity (Wildman–Crippen MR) is 64.8 cm³/mol. The molecule has 1 rings (SSSR count). The number of esters is 1. The molecule has 0 aliphatic carbocycles. The van der Waals surface area contributed by atoms with Gasteiger partial charge in [0.05, 0.1) is 5.56 Å². The normalized spacial score (nSPS) is 9.88. The lowest BCUT2D eigenvalue weighted by Crippen LogP contribution is -2.20. The van der Waals surface area contributed by atoms with E-state index in [1.165, 1.54) is 0 Å². The molecule has 4 nitrogen and oxygen atoms in total. The van der Waals surface area contributed by atoms with Gasteiger partial charge in [-0.1, -0.05) is 6.92 Å². The fourth-order valence-corrected chi connectivity index (χ4v) is 1.25. The van der Waals surface area contributed by atoms with Crippen molar-refractivity contribution in [1.29, 1.82) is 0 Å². The molecule has 0 aromatic heterocycles. The first-order chi connectivity index (χ1) is 7.77. The molecule has 0 saturated heterocycles. The second-order valence-electron chi connectivity index (χ2n) is 3.32. The lowest BCUT2D eigenvalue weighted by atomic mass is 10.2. The molecular formula is C12H18N2O2. The van der Waals surface area contributed by atoms with Crippen molar-refractivity contribution in [2.24, 2.45) is 0 Å². The summed E-state index contributed by atoms with van der Waals surface area (Å²) in [6.07, 6.45) is 0.